The number of aryl methyl sites for hydroxylation is 1. The molecule has 0 unspecified atom stereocenters. The highest BCUT2D eigenvalue weighted by molar-refractivity contribution is 5.59. The lowest BCUT2D eigenvalue weighted by Gasteiger charge is -2.32. The maximum absolute atomic E-state index is 10.2. The molecule has 17 heavy (non-hydrogen) atoms. The van der Waals surface area contributed by atoms with Crippen molar-refractivity contribution in [2.75, 3.05) is 0 Å². The molecule has 0 radical (unpaired) electrons. The first-order valence-corrected chi connectivity index (χ1v) is 6.47. The van der Waals surface area contributed by atoms with Gasteiger partial charge >= 0.3 is 0 Å². The number of phenolic OH excluding ortho intramolecular Hbond substituents is 1. The lowest BCUT2D eigenvalue weighted by Crippen LogP contribution is -2.31. The molecule has 3 rings (SSSR count). The molecule has 1 aromatic carbocycles. The van der Waals surface area contributed by atoms with Gasteiger partial charge in [-0.05, 0) is 51.2 Å². The highest BCUT2D eigenvalue weighted by atomic mass is 16.5. The van der Waals surface area contributed by atoms with Crippen LogP contribution >= 0.6 is 0 Å². The highest BCUT2D eigenvalue weighted by Crippen LogP contribution is 2.57. The molecule has 0 bridgehead atoms. The Kier molecular flexibility index (Phi) is 2.05. The molecular weight excluding hydrogens is 212 g/mol. The van der Waals surface area contributed by atoms with Crippen LogP contribution in [-0.4, -0.2) is 10.7 Å². The molecule has 0 saturated heterocycles. The van der Waals surface area contributed by atoms with E-state index < -0.39 is 0 Å². The molecule has 92 valence electrons. The molecule has 0 amide bonds. The minimum absolute atomic E-state index is 0.129. The van der Waals surface area contributed by atoms with Crippen molar-refractivity contribution in [3.05, 3.63) is 22.8 Å². The van der Waals surface area contributed by atoms with E-state index in [9.17, 15) is 5.11 Å². The van der Waals surface area contributed by atoms with Gasteiger partial charge in [0.15, 0.2) is 0 Å². The number of hydrogen-bond acceptors (Lipinski definition) is 2. The Morgan fingerprint density at radius 3 is 2.71 bits per heavy atom. The molecule has 0 spiro atoms. The minimum Gasteiger partial charge on any atom is -0.508 e. The molecule has 1 aromatic rings. The largest absolute Gasteiger partial charge is 0.508 e. The zero-order valence-electron chi connectivity index (χ0n) is 11.0. The average molecular weight is 232 g/mol. The topological polar surface area (TPSA) is 29.5 Å². The van der Waals surface area contributed by atoms with Gasteiger partial charge in [0.25, 0.3) is 0 Å². The van der Waals surface area contributed by atoms with Crippen LogP contribution in [0.3, 0.4) is 0 Å². The maximum atomic E-state index is 10.2. The third kappa shape index (κ3) is 1.33. The van der Waals surface area contributed by atoms with Gasteiger partial charge in [0.05, 0.1) is 0 Å². The third-order valence-corrected chi connectivity index (χ3v) is 4.46. The zero-order valence-corrected chi connectivity index (χ0v) is 11.0. The molecule has 1 N–H and O–H groups in total. The van der Waals surface area contributed by atoms with Crippen molar-refractivity contribution in [2.24, 2.45) is 0 Å². The maximum Gasteiger partial charge on any atom is 0.127 e. The van der Waals surface area contributed by atoms with Crippen LogP contribution in [0.25, 0.3) is 0 Å². The molecule has 2 atom stereocenters. The first kappa shape index (κ1) is 10.9. The number of ether oxygens (including phenoxy) is 1. The van der Waals surface area contributed by atoms with Crippen LogP contribution in [0.1, 0.15) is 62.1 Å². The molecule has 1 aliphatic heterocycles. The van der Waals surface area contributed by atoms with E-state index >= 15 is 0 Å². The van der Waals surface area contributed by atoms with Gasteiger partial charge in [-0.25, -0.2) is 0 Å². The summed E-state index contributed by atoms with van der Waals surface area (Å²) < 4.78 is 6.14. The Morgan fingerprint density at radius 1 is 1.29 bits per heavy atom. The van der Waals surface area contributed by atoms with E-state index in [1.807, 2.05) is 13.0 Å². The van der Waals surface area contributed by atoms with Crippen LogP contribution in [0.2, 0.25) is 0 Å². The summed E-state index contributed by atoms with van der Waals surface area (Å²) >= 11 is 0. The van der Waals surface area contributed by atoms with Crippen molar-refractivity contribution in [3.8, 4) is 11.5 Å². The quantitative estimate of drug-likeness (QED) is 0.736. The second-order valence-electron chi connectivity index (χ2n) is 6.11. The summed E-state index contributed by atoms with van der Waals surface area (Å²) in [5.41, 5.74) is 3.35. The third-order valence-electron chi connectivity index (χ3n) is 4.46. The van der Waals surface area contributed by atoms with Crippen LogP contribution in [0, 0.1) is 6.92 Å². The summed E-state index contributed by atoms with van der Waals surface area (Å²) in [5.74, 6) is 2.37. The van der Waals surface area contributed by atoms with Gasteiger partial charge in [0, 0.05) is 17.0 Å². The van der Waals surface area contributed by atoms with Crippen LogP contribution in [0.5, 0.6) is 11.5 Å². The standard InChI is InChI=1S/C15H20O2/c1-8-5-6-10-13-12(8)11(16)7-9(2)14(13)17-15(10,3)4/h7-8,10,16H,5-6H2,1-4H3/t8-,10-/m1/s1. The normalized spacial score (nSPS) is 28.7. The first-order chi connectivity index (χ1) is 7.92. The number of hydrogen-bond donors (Lipinski definition) is 1. The molecule has 2 aliphatic rings. The van der Waals surface area contributed by atoms with Crippen LogP contribution < -0.4 is 4.74 Å². The number of benzene rings is 1. The first-order valence-electron chi connectivity index (χ1n) is 6.47. The lowest BCUT2D eigenvalue weighted by atomic mass is 9.72. The Balaban J connectivity index is 2.31. The number of rotatable bonds is 0. The Labute approximate surface area is 103 Å². The van der Waals surface area contributed by atoms with Gasteiger partial charge in [-0.15, -0.1) is 0 Å². The fourth-order valence-corrected chi connectivity index (χ4v) is 3.56. The summed E-state index contributed by atoms with van der Waals surface area (Å²) in [7, 11) is 0. The van der Waals surface area contributed by atoms with Gasteiger partial charge in [-0.3, -0.25) is 0 Å². The van der Waals surface area contributed by atoms with Gasteiger partial charge in [-0.1, -0.05) is 6.92 Å². The number of phenols is 1. The van der Waals surface area contributed by atoms with Crippen molar-refractivity contribution in [1.82, 2.24) is 0 Å². The zero-order chi connectivity index (χ0) is 12.4. The molecule has 0 fully saturated rings. The second kappa shape index (κ2) is 3.18. The van der Waals surface area contributed by atoms with Crippen molar-refractivity contribution in [1.29, 1.82) is 0 Å². The molecule has 2 nitrogen and oxygen atoms in total. The van der Waals surface area contributed by atoms with Crippen molar-refractivity contribution < 1.29 is 9.84 Å². The predicted octanol–water partition coefficient (Wildman–Crippen LogP) is 3.85. The molecule has 1 heterocycles. The van der Waals surface area contributed by atoms with Gasteiger partial charge < -0.3 is 9.84 Å². The van der Waals surface area contributed by atoms with Crippen molar-refractivity contribution in [2.45, 2.75) is 58.0 Å². The van der Waals surface area contributed by atoms with Crippen LogP contribution in [-0.2, 0) is 0 Å². The fraction of sp³-hybridized carbons (Fsp3) is 0.600. The molecule has 2 heteroatoms. The smallest absolute Gasteiger partial charge is 0.127 e. The van der Waals surface area contributed by atoms with Crippen LogP contribution in [0.4, 0.5) is 0 Å². The van der Waals surface area contributed by atoms with E-state index in [0.29, 0.717) is 17.6 Å². The van der Waals surface area contributed by atoms with E-state index in [4.69, 9.17) is 4.74 Å². The van der Waals surface area contributed by atoms with E-state index in [0.717, 1.165) is 29.7 Å². The fourth-order valence-electron chi connectivity index (χ4n) is 3.56. The highest BCUT2D eigenvalue weighted by Gasteiger charge is 2.46. The van der Waals surface area contributed by atoms with Gasteiger partial charge in [-0.2, -0.15) is 0 Å². The predicted molar refractivity (Wildman–Crippen MR) is 67.9 cm³/mol. The molecule has 0 aromatic heterocycles. The Bertz CT molecular complexity index is 488. The lowest BCUT2D eigenvalue weighted by molar-refractivity contribution is 0.103. The summed E-state index contributed by atoms with van der Waals surface area (Å²) in [5, 5.41) is 10.2. The molecule has 1 aliphatic carbocycles. The summed E-state index contributed by atoms with van der Waals surface area (Å²) in [6.07, 6.45) is 2.30. The average Bonchev–Trinajstić information content (AvgIpc) is 2.49. The van der Waals surface area contributed by atoms with Gasteiger partial charge in [0.2, 0.25) is 0 Å². The minimum atomic E-state index is -0.129. The van der Waals surface area contributed by atoms with Gasteiger partial charge in [0.1, 0.15) is 17.1 Å². The van der Waals surface area contributed by atoms with E-state index in [1.54, 1.807) is 0 Å². The Morgan fingerprint density at radius 2 is 2.00 bits per heavy atom. The SMILES string of the molecule is Cc1cc(O)c2c3c1OC(C)(C)[C@@H]3CC[C@H]2C. The van der Waals surface area contributed by atoms with E-state index in [1.165, 1.54) is 5.56 Å². The summed E-state index contributed by atoms with van der Waals surface area (Å²) in [6, 6.07) is 1.86. The monoisotopic (exact) mass is 232 g/mol. The Hall–Kier alpha value is -1.18. The molecule has 0 saturated carbocycles. The number of aromatic hydroxyl groups is 1. The van der Waals surface area contributed by atoms with E-state index in [2.05, 4.69) is 20.8 Å². The van der Waals surface area contributed by atoms with Crippen molar-refractivity contribution >= 4 is 0 Å². The summed E-state index contributed by atoms with van der Waals surface area (Å²) in [4.78, 5) is 0. The van der Waals surface area contributed by atoms with Crippen LogP contribution in [0.15, 0.2) is 6.07 Å². The van der Waals surface area contributed by atoms with Crippen molar-refractivity contribution in [3.63, 3.8) is 0 Å². The van der Waals surface area contributed by atoms with E-state index in [-0.39, 0.29) is 5.60 Å². The summed E-state index contributed by atoms with van der Waals surface area (Å²) in [6.45, 7) is 8.54. The second-order valence-corrected chi connectivity index (χ2v) is 6.11. The molecular formula is C15H20O2.